The molecule has 1 saturated heterocycles. The molecule has 1 aliphatic rings. The summed E-state index contributed by atoms with van der Waals surface area (Å²) in [7, 11) is 0. The van der Waals surface area contributed by atoms with Gasteiger partial charge in [-0.25, -0.2) is 0 Å². The summed E-state index contributed by atoms with van der Waals surface area (Å²) in [6, 6.07) is 4.59. The van der Waals surface area contributed by atoms with Gasteiger partial charge in [0.05, 0.1) is 29.8 Å². The molecule has 0 aliphatic carbocycles. The molecular weight excluding hydrogens is 238 g/mol. The highest BCUT2D eigenvalue weighted by Gasteiger charge is 2.22. The topological polar surface area (TPSA) is 37.4 Å². The van der Waals surface area contributed by atoms with Gasteiger partial charge in [0.2, 0.25) is 0 Å². The minimum atomic E-state index is 0.282. The highest BCUT2D eigenvalue weighted by atomic mass is 16.5. The van der Waals surface area contributed by atoms with E-state index in [1.807, 2.05) is 6.20 Å². The van der Waals surface area contributed by atoms with Crippen molar-refractivity contribution in [2.24, 2.45) is 0 Å². The van der Waals surface area contributed by atoms with Crippen LogP contribution < -0.4 is 10.2 Å². The fourth-order valence-electron chi connectivity index (χ4n) is 2.64. The van der Waals surface area contributed by atoms with Gasteiger partial charge in [-0.2, -0.15) is 0 Å². The summed E-state index contributed by atoms with van der Waals surface area (Å²) in [4.78, 5) is 6.93. The molecule has 1 aliphatic heterocycles. The predicted molar refractivity (Wildman–Crippen MR) is 78.6 cm³/mol. The molecule has 19 heavy (non-hydrogen) atoms. The molecule has 4 nitrogen and oxygen atoms in total. The number of pyridine rings is 1. The van der Waals surface area contributed by atoms with Crippen molar-refractivity contribution in [1.29, 1.82) is 0 Å². The lowest BCUT2D eigenvalue weighted by Gasteiger charge is -2.36. The number of nitrogens with zero attached hydrogens (tertiary/aromatic N) is 2. The van der Waals surface area contributed by atoms with E-state index in [0.717, 1.165) is 25.3 Å². The van der Waals surface area contributed by atoms with E-state index < -0.39 is 0 Å². The molecule has 106 valence electrons. The second kappa shape index (κ2) is 6.35. The summed E-state index contributed by atoms with van der Waals surface area (Å²) >= 11 is 0. The largest absolute Gasteiger partial charge is 0.372 e. The number of rotatable bonds is 4. The van der Waals surface area contributed by atoms with Crippen LogP contribution >= 0.6 is 0 Å². The normalized spacial score (nSPS) is 25.4. The van der Waals surface area contributed by atoms with Crippen LogP contribution in [-0.4, -0.2) is 36.8 Å². The Kier molecular flexibility index (Phi) is 4.77. The highest BCUT2D eigenvalue weighted by molar-refractivity contribution is 5.45. The number of aromatic nitrogens is 1. The first-order valence-corrected chi connectivity index (χ1v) is 7.20. The second-order valence-corrected chi connectivity index (χ2v) is 5.38. The molecule has 0 amide bonds. The Morgan fingerprint density at radius 2 is 2.05 bits per heavy atom. The van der Waals surface area contributed by atoms with Gasteiger partial charge in [-0.3, -0.25) is 4.98 Å². The second-order valence-electron chi connectivity index (χ2n) is 5.38. The average Bonchev–Trinajstić information content (AvgIpc) is 2.38. The van der Waals surface area contributed by atoms with Gasteiger partial charge in [-0.05, 0) is 39.4 Å². The van der Waals surface area contributed by atoms with Crippen LogP contribution in [0.25, 0.3) is 0 Å². The molecule has 2 heterocycles. The number of nitrogens with one attached hydrogen (secondary N) is 1. The van der Waals surface area contributed by atoms with Crippen molar-refractivity contribution in [1.82, 2.24) is 10.3 Å². The molecule has 0 radical (unpaired) electrons. The Labute approximate surface area is 116 Å². The molecule has 3 unspecified atom stereocenters. The van der Waals surface area contributed by atoms with Crippen LogP contribution in [0, 0.1) is 0 Å². The molecular formula is C15H25N3O. The van der Waals surface area contributed by atoms with E-state index >= 15 is 0 Å². The Morgan fingerprint density at radius 1 is 1.37 bits per heavy atom. The van der Waals surface area contributed by atoms with E-state index in [4.69, 9.17) is 4.74 Å². The molecule has 1 fully saturated rings. The number of morpholine rings is 1. The van der Waals surface area contributed by atoms with Crippen LogP contribution in [0.5, 0.6) is 0 Å². The van der Waals surface area contributed by atoms with E-state index in [1.54, 1.807) is 0 Å². The van der Waals surface area contributed by atoms with Crippen molar-refractivity contribution in [2.45, 2.75) is 45.9 Å². The van der Waals surface area contributed by atoms with E-state index in [0.29, 0.717) is 6.04 Å². The summed E-state index contributed by atoms with van der Waals surface area (Å²) < 4.78 is 5.76. The maximum Gasteiger partial charge on any atom is 0.0726 e. The van der Waals surface area contributed by atoms with Gasteiger partial charge < -0.3 is 15.0 Å². The summed E-state index contributed by atoms with van der Waals surface area (Å²) in [6.07, 6.45) is 2.54. The summed E-state index contributed by atoms with van der Waals surface area (Å²) in [5, 5.41) is 3.38. The fourth-order valence-corrected chi connectivity index (χ4v) is 2.64. The monoisotopic (exact) mass is 263 g/mol. The molecule has 2 rings (SSSR count). The summed E-state index contributed by atoms with van der Waals surface area (Å²) in [5.41, 5.74) is 2.29. The number of ether oxygens (including phenoxy) is 1. The molecule has 0 aromatic carbocycles. The van der Waals surface area contributed by atoms with Crippen molar-refractivity contribution in [3.05, 3.63) is 24.0 Å². The SMILES string of the molecule is CCNC(C)c1ccc(N2CC(C)OC(C)C2)cn1. The van der Waals surface area contributed by atoms with Crippen molar-refractivity contribution < 1.29 is 4.74 Å². The zero-order valence-electron chi connectivity index (χ0n) is 12.4. The summed E-state index contributed by atoms with van der Waals surface area (Å²) in [5.74, 6) is 0. The van der Waals surface area contributed by atoms with Crippen LogP contribution in [-0.2, 0) is 4.74 Å². The van der Waals surface area contributed by atoms with Crippen molar-refractivity contribution in [2.75, 3.05) is 24.5 Å². The van der Waals surface area contributed by atoms with Gasteiger partial charge in [-0.1, -0.05) is 6.92 Å². The third kappa shape index (κ3) is 3.67. The first-order chi connectivity index (χ1) is 9.10. The van der Waals surface area contributed by atoms with Crippen LogP contribution in [0.4, 0.5) is 5.69 Å². The quantitative estimate of drug-likeness (QED) is 0.905. The Hall–Kier alpha value is -1.13. The van der Waals surface area contributed by atoms with E-state index in [1.165, 1.54) is 5.69 Å². The van der Waals surface area contributed by atoms with Gasteiger partial charge in [0.1, 0.15) is 0 Å². The zero-order chi connectivity index (χ0) is 13.8. The van der Waals surface area contributed by atoms with Gasteiger partial charge in [0.15, 0.2) is 0 Å². The van der Waals surface area contributed by atoms with Crippen LogP contribution in [0.15, 0.2) is 18.3 Å². The van der Waals surface area contributed by atoms with Crippen molar-refractivity contribution in [3.8, 4) is 0 Å². The zero-order valence-corrected chi connectivity index (χ0v) is 12.4. The maximum atomic E-state index is 5.76. The third-order valence-electron chi connectivity index (χ3n) is 3.51. The lowest BCUT2D eigenvalue weighted by atomic mass is 10.2. The predicted octanol–water partition coefficient (Wildman–Crippen LogP) is 2.37. The Morgan fingerprint density at radius 3 is 2.58 bits per heavy atom. The number of hydrogen-bond acceptors (Lipinski definition) is 4. The lowest BCUT2D eigenvalue weighted by Crippen LogP contribution is -2.45. The van der Waals surface area contributed by atoms with Gasteiger partial charge in [0, 0.05) is 19.1 Å². The molecule has 4 heteroatoms. The van der Waals surface area contributed by atoms with Gasteiger partial charge in [-0.15, -0.1) is 0 Å². The first-order valence-electron chi connectivity index (χ1n) is 7.20. The summed E-state index contributed by atoms with van der Waals surface area (Å²) in [6.45, 7) is 11.3. The average molecular weight is 263 g/mol. The smallest absolute Gasteiger partial charge is 0.0726 e. The maximum absolute atomic E-state index is 5.76. The molecule has 1 N–H and O–H groups in total. The van der Waals surface area contributed by atoms with Crippen molar-refractivity contribution >= 4 is 5.69 Å². The standard InChI is InChI=1S/C15H25N3O/c1-5-16-13(4)15-7-6-14(8-17-15)18-9-11(2)19-12(3)10-18/h6-8,11-13,16H,5,9-10H2,1-4H3. The molecule has 0 spiro atoms. The number of hydrogen-bond donors (Lipinski definition) is 1. The van der Waals surface area contributed by atoms with Crippen molar-refractivity contribution in [3.63, 3.8) is 0 Å². The molecule has 1 aromatic heterocycles. The number of anilines is 1. The highest BCUT2D eigenvalue weighted by Crippen LogP contribution is 2.21. The van der Waals surface area contributed by atoms with Crippen LogP contribution in [0.1, 0.15) is 39.4 Å². The Balaban J connectivity index is 2.05. The third-order valence-corrected chi connectivity index (χ3v) is 3.51. The fraction of sp³-hybridized carbons (Fsp3) is 0.667. The van der Waals surface area contributed by atoms with E-state index in [2.05, 4.69) is 55.0 Å². The molecule has 1 aromatic rings. The van der Waals surface area contributed by atoms with E-state index in [-0.39, 0.29) is 12.2 Å². The van der Waals surface area contributed by atoms with Gasteiger partial charge in [0.25, 0.3) is 0 Å². The molecule has 3 atom stereocenters. The van der Waals surface area contributed by atoms with Crippen LogP contribution in [0.2, 0.25) is 0 Å². The van der Waals surface area contributed by atoms with Gasteiger partial charge >= 0.3 is 0 Å². The lowest BCUT2D eigenvalue weighted by molar-refractivity contribution is -0.00523. The van der Waals surface area contributed by atoms with Crippen LogP contribution in [0.3, 0.4) is 0 Å². The minimum Gasteiger partial charge on any atom is -0.372 e. The Bertz CT molecular complexity index is 383. The molecule has 0 bridgehead atoms. The molecule has 0 saturated carbocycles. The first kappa shape index (κ1) is 14.3. The minimum absolute atomic E-state index is 0.282. The van der Waals surface area contributed by atoms with E-state index in [9.17, 15) is 0 Å².